The van der Waals surface area contributed by atoms with Gasteiger partial charge in [0, 0.05) is 27.4 Å². The minimum Gasteiger partial charge on any atom is -0.464 e. The van der Waals surface area contributed by atoms with Gasteiger partial charge >= 0.3 is 0 Å². The largest absolute Gasteiger partial charge is 0.464 e. The first kappa shape index (κ1) is 20.0. The number of fused-ring (bicyclic) bond motifs is 2. The highest BCUT2D eigenvalue weighted by Crippen LogP contribution is 2.46. The molecule has 0 saturated heterocycles. The Balaban J connectivity index is 1.22. The van der Waals surface area contributed by atoms with Crippen molar-refractivity contribution in [2.45, 2.75) is 45.7 Å². The van der Waals surface area contributed by atoms with Gasteiger partial charge in [-0.3, -0.25) is 9.98 Å². The monoisotopic (exact) mass is 462 g/mol. The van der Waals surface area contributed by atoms with Crippen LogP contribution in [0.4, 0.5) is 5.69 Å². The Morgan fingerprint density at radius 1 is 1.03 bits per heavy atom. The Morgan fingerprint density at radius 3 is 2.72 bits per heavy atom. The van der Waals surface area contributed by atoms with Gasteiger partial charge in [-0.2, -0.15) is 0 Å². The average molecular weight is 463 g/mol. The van der Waals surface area contributed by atoms with E-state index in [4.69, 9.17) is 9.41 Å². The van der Waals surface area contributed by atoms with Gasteiger partial charge < -0.3 is 15.1 Å². The second-order valence-electron chi connectivity index (χ2n) is 8.98. The summed E-state index contributed by atoms with van der Waals surface area (Å²) in [4.78, 5) is 12.2. The Morgan fingerprint density at radius 2 is 1.88 bits per heavy atom. The van der Waals surface area contributed by atoms with Crippen molar-refractivity contribution in [2.24, 2.45) is 21.8 Å². The summed E-state index contributed by atoms with van der Waals surface area (Å²) in [5.41, 5.74) is 7.91. The quantitative estimate of drug-likeness (QED) is 0.478. The fraction of sp³-hybridized carbons (Fsp3) is 0.360. The highest BCUT2D eigenvalue weighted by atomic mass is 32.1. The lowest BCUT2D eigenvalue weighted by Gasteiger charge is -2.27. The number of hydrogen-bond acceptors (Lipinski definition) is 7. The van der Waals surface area contributed by atoms with Crippen molar-refractivity contribution in [3.63, 3.8) is 0 Å². The molecule has 0 bridgehead atoms. The number of aryl methyl sites for hydroxylation is 1. The topological polar surface area (TPSA) is 61.9 Å². The number of thiophene rings is 2. The van der Waals surface area contributed by atoms with E-state index >= 15 is 0 Å². The van der Waals surface area contributed by atoms with Crippen LogP contribution >= 0.6 is 22.7 Å². The van der Waals surface area contributed by atoms with E-state index in [0.717, 1.165) is 24.3 Å². The first-order valence-corrected chi connectivity index (χ1v) is 12.8. The summed E-state index contributed by atoms with van der Waals surface area (Å²) < 4.78 is 5.75. The van der Waals surface area contributed by atoms with E-state index in [2.05, 4.69) is 53.2 Å². The molecule has 4 unspecified atom stereocenters. The number of rotatable bonds is 4. The number of furan rings is 1. The highest BCUT2D eigenvalue weighted by Gasteiger charge is 2.37. The van der Waals surface area contributed by atoms with Crippen LogP contribution in [-0.2, 0) is 6.42 Å². The van der Waals surface area contributed by atoms with Crippen LogP contribution in [0.5, 0.6) is 0 Å². The maximum Gasteiger partial charge on any atom is 0.157 e. The van der Waals surface area contributed by atoms with Gasteiger partial charge in [-0.25, -0.2) is 0 Å². The van der Waals surface area contributed by atoms with Gasteiger partial charge in [-0.1, -0.05) is 6.08 Å². The number of allylic oxidation sites excluding steroid dienone is 1. The molecule has 0 saturated carbocycles. The average Bonchev–Trinajstić information content (AvgIpc) is 3.57. The summed E-state index contributed by atoms with van der Waals surface area (Å²) in [6.07, 6.45) is 10.1. The number of nitrogens with zero attached hydrogens (tertiary/aromatic N) is 2. The molecule has 3 aromatic heterocycles. The highest BCUT2D eigenvalue weighted by molar-refractivity contribution is 7.10. The lowest BCUT2D eigenvalue weighted by Crippen LogP contribution is -2.26. The van der Waals surface area contributed by atoms with Crippen LogP contribution in [0.3, 0.4) is 0 Å². The lowest BCUT2D eigenvalue weighted by molar-refractivity contribution is 0.428. The molecule has 5 heterocycles. The molecule has 2 aliphatic heterocycles. The molecule has 0 aromatic carbocycles. The number of anilines is 1. The van der Waals surface area contributed by atoms with Crippen LogP contribution < -0.4 is 10.6 Å². The SMILES string of the molecule is Cc1csc(C2N=CNC3=CC(Cc4csc(C5N=CNc6ccoc65)c4C)CC32)c1C. The standard InChI is InChI=1S/C25H26N4OS2/c1-13-9-31-24(14(13)2)21-18-7-16(8-20(18)27-12-28-21)6-17-10-32-25(15(17)3)22-23-19(4-5-30-23)26-11-29-22/h4-5,8-12,16,18,21-22H,6-7H2,1-3H3,(H,26,29)(H,27,28). The molecule has 5 nitrogen and oxygen atoms in total. The Hall–Kier alpha value is -2.64. The van der Waals surface area contributed by atoms with E-state index in [0.29, 0.717) is 11.8 Å². The van der Waals surface area contributed by atoms with Crippen LogP contribution in [0.15, 0.2) is 49.3 Å². The molecule has 2 N–H and O–H groups in total. The fourth-order valence-corrected chi connectivity index (χ4v) is 7.50. The molecule has 4 atom stereocenters. The molecule has 6 rings (SSSR count). The molecule has 1 aliphatic carbocycles. The number of nitrogens with one attached hydrogen (secondary N) is 2. The lowest BCUT2D eigenvalue weighted by atomic mass is 9.89. The van der Waals surface area contributed by atoms with E-state index in [1.807, 2.05) is 23.7 Å². The zero-order chi connectivity index (χ0) is 21.8. The van der Waals surface area contributed by atoms with Crippen LogP contribution in [0.2, 0.25) is 0 Å². The van der Waals surface area contributed by atoms with Gasteiger partial charge in [0.05, 0.1) is 30.7 Å². The minimum atomic E-state index is -0.0472. The summed E-state index contributed by atoms with van der Waals surface area (Å²) in [5.74, 6) is 1.87. The zero-order valence-corrected chi connectivity index (χ0v) is 20.0. The second-order valence-corrected chi connectivity index (χ2v) is 10.8. The van der Waals surface area contributed by atoms with Crippen molar-refractivity contribution in [2.75, 3.05) is 5.32 Å². The molecular weight excluding hydrogens is 436 g/mol. The molecule has 0 radical (unpaired) electrons. The maximum atomic E-state index is 5.75. The summed E-state index contributed by atoms with van der Waals surface area (Å²) in [5, 5.41) is 11.2. The third-order valence-corrected chi connectivity index (χ3v) is 9.57. The molecule has 32 heavy (non-hydrogen) atoms. The summed E-state index contributed by atoms with van der Waals surface area (Å²) in [6.45, 7) is 6.67. The van der Waals surface area contributed by atoms with Gasteiger partial charge in [0.15, 0.2) is 5.76 Å². The van der Waals surface area contributed by atoms with Gasteiger partial charge in [0.1, 0.15) is 6.04 Å². The van der Waals surface area contributed by atoms with E-state index in [1.54, 1.807) is 23.9 Å². The summed E-state index contributed by atoms with van der Waals surface area (Å²) in [7, 11) is 0. The number of aliphatic imine (C=N–C) groups is 2. The van der Waals surface area contributed by atoms with Gasteiger partial charge in [0.2, 0.25) is 0 Å². The predicted octanol–water partition coefficient (Wildman–Crippen LogP) is 6.31. The van der Waals surface area contributed by atoms with E-state index in [9.17, 15) is 0 Å². The van der Waals surface area contributed by atoms with Crippen LogP contribution in [0, 0.1) is 32.6 Å². The Labute approximate surface area is 196 Å². The van der Waals surface area contributed by atoms with Crippen molar-refractivity contribution in [1.29, 1.82) is 0 Å². The van der Waals surface area contributed by atoms with Crippen molar-refractivity contribution >= 4 is 41.0 Å². The maximum absolute atomic E-state index is 5.75. The van der Waals surface area contributed by atoms with Crippen molar-refractivity contribution in [3.8, 4) is 0 Å². The first-order valence-electron chi connectivity index (χ1n) is 11.1. The van der Waals surface area contributed by atoms with Crippen LogP contribution in [0.1, 0.15) is 56.3 Å². The molecule has 7 heteroatoms. The molecule has 164 valence electrons. The molecule has 3 aromatic rings. The summed E-state index contributed by atoms with van der Waals surface area (Å²) in [6, 6.07) is 2.16. The molecule has 0 fully saturated rings. The molecule has 0 amide bonds. The molecule has 0 spiro atoms. The van der Waals surface area contributed by atoms with Gasteiger partial charge in [0.25, 0.3) is 0 Å². The molecule has 3 aliphatic rings. The van der Waals surface area contributed by atoms with Crippen molar-refractivity contribution in [1.82, 2.24) is 5.32 Å². The predicted molar refractivity (Wildman–Crippen MR) is 133 cm³/mol. The van der Waals surface area contributed by atoms with Gasteiger partial charge in [-0.05, 0) is 72.5 Å². The minimum absolute atomic E-state index is 0.0472. The van der Waals surface area contributed by atoms with E-state index < -0.39 is 0 Å². The van der Waals surface area contributed by atoms with E-state index in [1.165, 1.54) is 37.7 Å². The smallest absolute Gasteiger partial charge is 0.157 e. The van der Waals surface area contributed by atoms with Crippen LogP contribution in [-0.4, -0.2) is 12.7 Å². The molecular formula is C25H26N4OS2. The second kappa shape index (κ2) is 7.74. The first-order chi connectivity index (χ1) is 15.6. The van der Waals surface area contributed by atoms with Crippen LogP contribution in [0.25, 0.3) is 0 Å². The fourth-order valence-electron chi connectivity index (χ4n) is 5.17. The van der Waals surface area contributed by atoms with Gasteiger partial charge in [-0.15, -0.1) is 22.7 Å². The third kappa shape index (κ3) is 3.18. The third-order valence-electron chi connectivity index (χ3n) is 7.11. The Bertz CT molecular complexity index is 1260. The zero-order valence-electron chi connectivity index (χ0n) is 18.4. The van der Waals surface area contributed by atoms with E-state index in [-0.39, 0.29) is 12.1 Å². The van der Waals surface area contributed by atoms with Crippen molar-refractivity contribution in [3.05, 3.63) is 72.6 Å². The Kier molecular flexibility index (Phi) is 4.84. The number of hydrogen-bond donors (Lipinski definition) is 2. The van der Waals surface area contributed by atoms with Crippen molar-refractivity contribution < 1.29 is 4.42 Å². The normalized spacial score (nSPS) is 25.8. The summed E-state index contributed by atoms with van der Waals surface area (Å²) >= 11 is 3.66.